The van der Waals surface area contributed by atoms with Gasteiger partial charge >= 0.3 is 0 Å². The van der Waals surface area contributed by atoms with E-state index in [0.717, 1.165) is 12.8 Å². The van der Waals surface area contributed by atoms with Gasteiger partial charge in [0.15, 0.2) is 16.6 Å². The van der Waals surface area contributed by atoms with E-state index >= 15 is 0 Å². The van der Waals surface area contributed by atoms with Crippen LogP contribution in [0, 0.1) is 0 Å². The number of Topliss-reactive ketones (excluding diaryl/α,β-unsaturated/α-hetero) is 2. The fourth-order valence-corrected chi connectivity index (χ4v) is 4.33. The predicted molar refractivity (Wildman–Crippen MR) is 124 cm³/mol. The molecule has 0 aromatic carbocycles. The van der Waals surface area contributed by atoms with E-state index in [1.807, 2.05) is 0 Å². The smallest absolute Gasteiger partial charge is 0.191 e. The van der Waals surface area contributed by atoms with Gasteiger partial charge in [-0.2, -0.15) is 0 Å². The highest BCUT2D eigenvalue weighted by atomic mass is 28.4. The van der Waals surface area contributed by atoms with Gasteiger partial charge in [0.2, 0.25) is 0 Å². The highest BCUT2D eigenvalue weighted by Gasteiger charge is 2.37. The van der Waals surface area contributed by atoms with Crippen molar-refractivity contribution in [1.29, 1.82) is 0 Å². The Bertz CT molecular complexity index is 454. The average molecular weight is 431 g/mol. The van der Waals surface area contributed by atoms with Gasteiger partial charge in [-0.15, -0.1) is 0 Å². The van der Waals surface area contributed by atoms with Crippen molar-refractivity contribution in [2.24, 2.45) is 0 Å². The molecule has 6 heteroatoms. The summed E-state index contributed by atoms with van der Waals surface area (Å²) in [6, 6.07) is 0. The van der Waals surface area contributed by atoms with E-state index in [4.69, 9.17) is 8.85 Å². The molecule has 166 valence electrons. The summed E-state index contributed by atoms with van der Waals surface area (Å²) in [5.74, 6) is 0.342. The van der Waals surface area contributed by atoms with Crippen LogP contribution in [0.15, 0.2) is 0 Å². The quantitative estimate of drug-likeness (QED) is 0.247. The Kier molecular flexibility index (Phi) is 11.1. The second-order valence-corrected chi connectivity index (χ2v) is 20.6. The second kappa shape index (κ2) is 11.2. The Morgan fingerprint density at radius 2 is 0.893 bits per heavy atom. The Labute approximate surface area is 176 Å². The van der Waals surface area contributed by atoms with Crippen LogP contribution in [-0.4, -0.2) is 41.4 Å². The monoisotopic (exact) mass is 430 g/mol. The molecule has 0 fully saturated rings. The van der Waals surface area contributed by atoms with Gasteiger partial charge in [-0.1, -0.05) is 41.5 Å². The SMILES string of the molecule is CC(C)(C)[Si](C)(C)OCCCC(=O)CCC(=O)CCCO[Si](C)(C)C(C)(C)C. The minimum Gasteiger partial charge on any atom is -0.417 e. The third-order valence-corrected chi connectivity index (χ3v) is 15.5. The van der Waals surface area contributed by atoms with Crippen LogP contribution < -0.4 is 0 Å². The Morgan fingerprint density at radius 1 is 0.607 bits per heavy atom. The van der Waals surface area contributed by atoms with Crippen LogP contribution in [0.25, 0.3) is 0 Å². The van der Waals surface area contributed by atoms with Crippen molar-refractivity contribution in [2.45, 2.75) is 116 Å². The van der Waals surface area contributed by atoms with Crippen molar-refractivity contribution in [3.63, 3.8) is 0 Å². The minimum absolute atomic E-state index is 0.171. The molecule has 0 unspecified atom stereocenters. The number of hydrogen-bond donors (Lipinski definition) is 0. The van der Waals surface area contributed by atoms with Crippen LogP contribution >= 0.6 is 0 Å². The molecule has 0 amide bonds. The first-order chi connectivity index (χ1) is 12.5. The number of carbonyl (C=O) groups excluding carboxylic acids is 2. The molecule has 0 aliphatic carbocycles. The van der Waals surface area contributed by atoms with Crippen LogP contribution in [0.2, 0.25) is 36.3 Å². The van der Waals surface area contributed by atoms with Gasteiger partial charge in [0.25, 0.3) is 0 Å². The van der Waals surface area contributed by atoms with Crippen molar-refractivity contribution in [3.05, 3.63) is 0 Å². The van der Waals surface area contributed by atoms with Crippen molar-refractivity contribution in [3.8, 4) is 0 Å². The Morgan fingerprint density at radius 3 is 1.14 bits per heavy atom. The van der Waals surface area contributed by atoms with Gasteiger partial charge in [0, 0.05) is 38.9 Å². The summed E-state index contributed by atoms with van der Waals surface area (Å²) in [7, 11) is -3.46. The number of carbonyl (C=O) groups is 2. The third kappa shape index (κ3) is 10.5. The lowest BCUT2D eigenvalue weighted by Gasteiger charge is -2.36. The fraction of sp³-hybridized carbons (Fsp3) is 0.909. The maximum Gasteiger partial charge on any atom is 0.191 e. The highest BCUT2D eigenvalue weighted by Crippen LogP contribution is 2.37. The zero-order valence-electron chi connectivity index (χ0n) is 20.3. The summed E-state index contributed by atoms with van der Waals surface area (Å²) in [6.07, 6.45) is 3.25. The molecule has 0 aliphatic rings. The molecule has 0 aromatic heterocycles. The maximum atomic E-state index is 12.0. The van der Waals surface area contributed by atoms with Gasteiger partial charge < -0.3 is 8.85 Å². The average Bonchev–Trinajstić information content (AvgIpc) is 2.51. The van der Waals surface area contributed by atoms with Crippen molar-refractivity contribution >= 4 is 28.2 Å². The maximum absolute atomic E-state index is 12.0. The van der Waals surface area contributed by atoms with Crippen LogP contribution in [0.3, 0.4) is 0 Å². The van der Waals surface area contributed by atoms with Crippen molar-refractivity contribution in [2.75, 3.05) is 13.2 Å². The summed E-state index contributed by atoms with van der Waals surface area (Å²) in [5, 5.41) is 0.384. The topological polar surface area (TPSA) is 52.6 Å². The van der Waals surface area contributed by atoms with Crippen LogP contribution in [0.5, 0.6) is 0 Å². The molecule has 0 aliphatic heterocycles. The first-order valence-corrected chi connectivity index (χ1v) is 16.6. The molecular formula is C22H46O4Si2. The molecule has 0 aromatic rings. The molecule has 0 heterocycles. The summed E-state index contributed by atoms with van der Waals surface area (Å²) in [5.41, 5.74) is 0. The molecular weight excluding hydrogens is 384 g/mol. The van der Waals surface area contributed by atoms with E-state index in [1.54, 1.807) is 0 Å². The van der Waals surface area contributed by atoms with Crippen LogP contribution in [-0.2, 0) is 18.4 Å². The van der Waals surface area contributed by atoms with Crippen molar-refractivity contribution < 1.29 is 18.4 Å². The second-order valence-electron chi connectivity index (χ2n) is 11.0. The standard InChI is InChI=1S/C22H46O4Si2/c1-21(2,3)27(7,8)25-17-11-13-19(23)15-16-20(24)14-12-18-26-28(9,10)22(4,5)6/h11-18H2,1-10H3. The van der Waals surface area contributed by atoms with E-state index in [9.17, 15) is 9.59 Å². The largest absolute Gasteiger partial charge is 0.417 e. The molecule has 0 saturated heterocycles. The molecule has 0 saturated carbocycles. The summed E-state index contributed by atoms with van der Waals surface area (Å²) >= 11 is 0. The molecule has 0 radical (unpaired) electrons. The number of rotatable bonds is 13. The van der Waals surface area contributed by atoms with Gasteiger partial charge in [0.1, 0.15) is 11.6 Å². The van der Waals surface area contributed by atoms with E-state index in [2.05, 4.69) is 67.7 Å². The highest BCUT2D eigenvalue weighted by molar-refractivity contribution is 6.74. The van der Waals surface area contributed by atoms with Gasteiger partial charge in [-0.3, -0.25) is 9.59 Å². The third-order valence-electron chi connectivity index (χ3n) is 6.42. The molecule has 0 atom stereocenters. The number of hydrogen-bond acceptors (Lipinski definition) is 4. The molecule has 0 N–H and O–H groups in total. The predicted octanol–water partition coefficient (Wildman–Crippen LogP) is 6.51. The zero-order valence-corrected chi connectivity index (χ0v) is 22.3. The fourth-order valence-electron chi connectivity index (χ4n) is 2.16. The van der Waals surface area contributed by atoms with E-state index in [-0.39, 0.29) is 21.6 Å². The summed E-state index contributed by atoms with van der Waals surface area (Å²) < 4.78 is 12.2. The first-order valence-electron chi connectivity index (χ1n) is 10.8. The van der Waals surface area contributed by atoms with Gasteiger partial charge in [-0.25, -0.2) is 0 Å². The van der Waals surface area contributed by atoms with E-state index in [1.165, 1.54) is 0 Å². The normalized spacial score (nSPS) is 13.6. The zero-order chi connectivity index (χ0) is 22.2. The lowest BCUT2D eigenvalue weighted by molar-refractivity contribution is -0.124. The minimum atomic E-state index is -1.73. The summed E-state index contributed by atoms with van der Waals surface area (Å²) in [6.45, 7) is 23.5. The Hall–Kier alpha value is -0.306. The Balaban J connectivity index is 3.92. The van der Waals surface area contributed by atoms with Crippen LogP contribution in [0.4, 0.5) is 0 Å². The lowest BCUT2D eigenvalue weighted by Crippen LogP contribution is -2.41. The van der Waals surface area contributed by atoms with Gasteiger partial charge in [-0.05, 0) is 49.1 Å². The van der Waals surface area contributed by atoms with Crippen molar-refractivity contribution in [1.82, 2.24) is 0 Å². The molecule has 0 spiro atoms. The molecule has 28 heavy (non-hydrogen) atoms. The lowest BCUT2D eigenvalue weighted by atomic mass is 10.1. The molecule has 0 rings (SSSR count). The van der Waals surface area contributed by atoms with E-state index in [0.29, 0.717) is 38.9 Å². The number of ketones is 2. The molecule has 4 nitrogen and oxygen atoms in total. The summed E-state index contributed by atoms with van der Waals surface area (Å²) in [4.78, 5) is 24.1. The first kappa shape index (κ1) is 27.7. The molecule has 0 bridgehead atoms. The van der Waals surface area contributed by atoms with Gasteiger partial charge in [0.05, 0.1) is 0 Å². The van der Waals surface area contributed by atoms with Crippen LogP contribution in [0.1, 0.15) is 80.1 Å². The van der Waals surface area contributed by atoms with E-state index < -0.39 is 16.6 Å².